The van der Waals surface area contributed by atoms with Crippen LogP contribution >= 0.6 is 0 Å². The van der Waals surface area contributed by atoms with Gasteiger partial charge in [-0.3, -0.25) is 4.79 Å². The van der Waals surface area contributed by atoms with E-state index >= 15 is 0 Å². The van der Waals surface area contributed by atoms with Crippen LogP contribution in [-0.2, 0) is 4.79 Å². The number of nitrogens with zero attached hydrogens (tertiary/aromatic N) is 1. The van der Waals surface area contributed by atoms with Crippen molar-refractivity contribution in [2.75, 3.05) is 11.9 Å². The fraction of sp³-hybridized carbons (Fsp3) is 0.417. The Morgan fingerprint density at radius 2 is 2.00 bits per heavy atom. The molecule has 0 saturated carbocycles. The van der Waals surface area contributed by atoms with Crippen molar-refractivity contribution in [3.8, 4) is 0 Å². The maximum atomic E-state index is 12.4. The number of hydrogen-bond donors (Lipinski definition) is 0. The molecule has 1 amide bonds. The lowest BCUT2D eigenvalue weighted by Gasteiger charge is -2.13. The molecule has 1 heterocycles. The highest BCUT2D eigenvalue weighted by atomic mass is 19.4. The number of benzene rings is 1. The molecule has 1 aliphatic heterocycles. The number of rotatable bonds is 1. The number of anilines is 1. The first-order valence-electron chi connectivity index (χ1n) is 5.25. The fourth-order valence-corrected chi connectivity index (χ4v) is 2.33. The summed E-state index contributed by atoms with van der Waals surface area (Å²) >= 11 is 0. The summed E-state index contributed by atoms with van der Waals surface area (Å²) in [5.74, 6) is -1.57. The van der Waals surface area contributed by atoms with E-state index in [9.17, 15) is 18.0 Å². The number of fused-ring (bicyclic) bond motifs is 1. The first-order chi connectivity index (χ1) is 7.81. The van der Waals surface area contributed by atoms with Gasteiger partial charge in [0, 0.05) is 7.05 Å². The minimum Gasteiger partial charge on any atom is -0.314 e. The Labute approximate surface area is 97.0 Å². The van der Waals surface area contributed by atoms with Gasteiger partial charge in [-0.15, -0.1) is 0 Å². The Morgan fingerprint density at radius 1 is 1.35 bits per heavy atom. The van der Waals surface area contributed by atoms with E-state index in [1.807, 2.05) is 0 Å². The zero-order chi connectivity index (χ0) is 12.8. The van der Waals surface area contributed by atoms with Crippen LogP contribution in [0.15, 0.2) is 18.2 Å². The van der Waals surface area contributed by atoms with Crippen molar-refractivity contribution in [1.29, 1.82) is 0 Å². The van der Waals surface area contributed by atoms with Gasteiger partial charge in [0.05, 0.1) is 18.0 Å². The highest BCUT2D eigenvalue weighted by molar-refractivity contribution is 6.05. The molecule has 5 heteroatoms. The number of carbonyl (C=O) groups excluding carboxylic acids is 1. The van der Waals surface area contributed by atoms with Crippen LogP contribution in [0.1, 0.15) is 23.5 Å². The van der Waals surface area contributed by atoms with Crippen LogP contribution in [0.3, 0.4) is 0 Å². The molecule has 2 rings (SSSR count). The topological polar surface area (TPSA) is 20.3 Å². The number of para-hydroxylation sites is 1. The molecule has 0 bridgehead atoms. The normalized spacial score (nSPS) is 19.7. The molecule has 2 nitrogen and oxygen atoms in total. The number of carbonyl (C=O) groups is 1. The quantitative estimate of drug-likeness (QED) is 0.742. The van der Waals surface area contributed by atoms with Crippen LogP contribution in [-0.4, -0.2) is 19.1 Å². The molecule has 0 radical (unpaired) electrons. The molecular formula is C12H12F3NO. The zero-order valence-corrected chi connectivity index (χ0v) is 9.51. The lowest BCUT2D eigenvalue weighted by atomic mass is 9.96. The third-order valence-corrected chi connectivity index (χ3v) is 3.04. The third kappa shape index (κ3) is 2.01. The Bertz CT molecular complexity index is 467. The molecule has 1 unspecified atom stereocenters. The second-order valence-corrected chi connectivity index (χ2v) is 4.28. The van der Waals surface area contributed by atoms with Crippen LogP contribution < -0.4 is 4.90 Å². The van der Waals surface area contributed by atoms with E-state index in [-0.39, 0.29) is 0 Å². The van der Waals surface area contributed by atoms with E-state index in [4.69, 9.17) is 0 Å². The van der Waals surface area contributed by atoms with Crippen LogP contribution in [0.5, 0.6) is 0 Å². The Morgan fingerprint density at radius 3 is 2.59 bits per heavy atom. The van der Waals surface area contributed by atoms with E-state index in [2.05, 4.69) is 0 Å². The molecule has 1 aromatic rings. The molecule has 1 aliphatic rings. The van der Waals surface area contributed by atoms with E-state index in [0.717, 1.165) is 5.56 Å². The number of halogens is 3. The van der Waals surface area contributed by atoms with E-state index < -0.39 is 24.4 Å². The minimum atomic E-state index is -4.33. The monoisotopic (exact) mass is 243 g/mol. The zero-order valence-electron chi connectivity index (χ0n) is 9.51. The van der Waals surface area contributed by atoms with Gasteiger partial charge in [-0.05, 0) is 18.1 Å². The third-order valence-electron chi connectivity index (χ3n) is 3.04. The predicted octanol–water partition coefficient (Wildman–Crippen LogP) is 3.01. The second-order valence-electron chi connectivity index (χ2n) is 4.28. The summed E-state index contributed by atoms with van der Waals surface area (Å²) in [7, 11) is 1.52. The van der Waals surface area contributed by atoms with E-state index in [1.54, 1.807) is 25.1 Å². The summed E-state index contributed by atoms with van der Waals surface area (Å²) in [5.41, 5.74) is 1.92. The highest BCUT2D eigenvalue weighted by Gasteiger charge is 2.43. The van der Waals surface area contributed by atoms with Crippen molar-refractivity contribution in [2.45, 2.75) is 25.4 Å². The van der Waals surface area contributed by atoms with E-state index in [1.165, 1.54) is 11.9 Å². The Kier molecular flexibility index (Phi) is 2.64. The van der Waals surface area contributed by atoms with Crippen LogP contribution in [0.2, 0.25) is 0 Å². The van der Waals surface area contributed by atoms with Gasteiger partial charge in [-0.1, -0.05) is 18.2 Å². The summed E-state index contributed by atoms with van der Waals surface area (Å²) in [4.78, 5) is 13.1. The van der Waals surface area contributed by atoms with Crippen molar-refractivity contribution in [3.63, 3.8) is 0 Å². The maximum Gasteiger partial charge on any atom is 0.390 e. The van der Waals surface area contributed by atoms with Crippen molar-refractivity contribution >= 4 is 11.6 Å². The van der Waals surface area contributed by atoms with Gasteiger partial charge >= 0.3 is 6.18 Å². The van der Waals surface area contributed by atoms with Gasteiger partial charge in [0.25, 0.3) is 0 Å². The molecule has 0 saturated heterocycles. The van der Waals surface area contributed by atoms with Crippen molar-refractivity contribution < 1.29 is 18.0 Å². The molecular weight excluding hydrogens is 231 g/mol. The van der Waals surface area contributed by atoms with Crippen molar-refractivity contribution in [1.82, 2.24) is 0 Å². The average molecular weight is 243 g/mol. The standard InChI is InChI=1S/C12H12F3NO/c1-7-4-3-5-8-9(6-12(13,14)15)11(17)16(2)10(7)8/h3-5,9H,6H2,1-2H3. The number of amides is 1. The van der Waals surface area contributed by atoms with Gasteiger partial charge < -0.3 is 4.90 Å². The molecule has 0 spiro atoms. The molecule has 92 valence electrons. The summed E-state index contributed by atoms with van der Waals surface area (Å²) in [5, 5.41) is 0. The number of likely N-dealkylation sites (N-methyl/N-ethyl adjacent to an activating group) is 1. The number of hydrogen-bond acceptors (Lipinski definition) is 1. The molecule has 1 atom stereocenters. The van der Waals surface area contributed by atoms with Gasteiger partial charge in [-0.2, -0.15) is 13.2 Å². The first-order valence-corrected chi connectivity index (χ1v) is 5.25. The molecule has 0 aromatic heterocycles. The largest absolute Gasteiger partial charge is 0.390 e. The van der Waals surface area contributed by atoms with Crippen LogP contribution in [0.25, 0.3) is 0 Å². The van der Waals surface area contributed by atoms with Gasteiger partial charge in [0.2, 0.25) is 5.91 Å². The molecule has 0 fully saturated rings. The van der Waals surface area contributed by atoms with Crippen LogP contribution in [0, 0.1) is 6.92 Å². The first kappa shape index (κ1) is 12.0. The van der Waals surface area contributed by atoms with Gasteiger partial charge in [-0.25, -0.2) is 0 Å². The van der Waals surface area contributed by atoms with Crippen molar-refractivity contribution in [3.05, 3.63) is 29.3 Å². The molecule has 0 N–H and O–H groups in total. The maximum absolute atomic E-state index is 12.4. The molecule has 0 aliphatic carbocycles. The fourth-order valence-electron chi connectivity index (χ4n) is 2.33. The van der Waals surface area contributed by atoms with E-state index in [0.29, 0.717) is 11.3 Å². The molecule has 1 aromatic carbocycles. The average Bonchev–Trinajstić information content (AvgIpc) is 2.43. The number of alkyl halides is 3. The lowest BCUT2D eigenvalue weighted by molar-refractivity contribution is -0.146. The predicted molar refractivity (Wildman–Crippen MR) is 58.0 cm³/mol. The smallest absolute Gasteiger partial charge is 0.314 e. The highest BCUT2D eigenvalue weighted by Crippen LogP contribution is 2.43. The SMILES string of the molecule is Cc1cccc2c1N(C)C(=O)C2CC(F)(F)F. The summed E-state index contributed by atoms with van der Waals surface area (Å²) < 4.78 is 37.3. The summed E-state index contributed by atoms with van der Waals surface area (Å²) in [6, 6.07) is 5.07. The lowest BCUT2D eigenvalue weighted by Crippen LogP contribution is -2.27. The Balaban J connectivity index is 2.45. The van der Waals surface area contributed by atoms with Gasteiger partial charge in [0.15, 0.2) is 0 Å². The second kappa shape index (κ2) is 3.75. The summed E-state index contributed by atoms with van der Waals surface area (Å²) in [6.45, 7) is 1.79. The van der Waals surface area contributed by atoms with Crippen LogP contribution in [0.4, 0.5) is 18.9 Å². The van der Waals surface area contributed by atoms with Crippen molar-refractivity contribution in [2.24, 2.45) is 0 Å². The molecule has 17 heavy (non-hydrogen) atoms. The van der Waals surface area contributed by atoms with Gasteiger partial charge in [0.1, 0.15) is 0 Å². The number of aryl methyl sites for hydroxylation is 1. The summed E-state index contributed by atoms with van der Waals surface area (Å²) in [6.07, 6.45) is -5.42. The Hall–Kier alpha value is -1.52. The minimum absolute atomic E-state index is 0.480.